The van der Waals surface area contributed by atoms with Crippen LogP contribution in [-0.4, -0.2) is 38.2 Å². The third-order valence-electron chi connectivity index (χ3n) is 6.34. The van der Waals surface area contributed by atoms with Crippen molar-refractivity contribution in [3.63, 3.8) is 0 Å². The number of hydrogen-bond donors (Lipinski definition) is 3. The summed E-state index contributed by atoms with van der Waals surface area (Å²) in [5.41, 5.74) is 5.73. The predicted octanol–water partition coefficient (Wildman–Crippen LogP) is 5.02. The quantitative estimate of drug-likeness (QED) is 0.258. The first-order valence-electron chi connectivity index (χ1n) is 11.7. The largest absolute Gasteiger partial charge is 0.478 e. The third kappa shape index (κ3) is 4.82. The average Bonchev–Trinajstić information content (AvgIpc) is 3.53. The van der Waals surface area contributed by atoms with E-state index in [2.05, 4.69) is 15.4 Å². The van der Waals surface area contributed by atoms with Gasteiger partial charge < -0.3 is 15.4 Å². The summed E-state index contributed by atoms with van der Waals surface area (Å²) in [6, 6.07) is 22.0. The van der Waals surface area contributed by atoms with Gasteiger partial charge in [-0.3, -0.25) is 9.48 Å². The van der Waals surface area contributed by atoms with Crippen LogP contribution in [0.4, 0.5) is 0 Å². The van der Waals surface area contributed by atoms with Crippen LogP contribution < -0.4 is 5.32 Å². The monoisotopic (exact) mass is 478 g/mol. The number of aromatic amines is 1. The summed E-state index contributed by atoms with van der Waals surface area (Å²) >= 11 is 0. The average molecular weight is 479 g/mol. The SMILES string of the molecule is Cn1cc(-c2ccc3c(C(=O)[C@H](NCCc4ccc(C(=O)O)cc4)c4ccccc4)c[nH]c3c2)cn1. The molecule has 0 radical (unpaired) electrons. The van der Waals surface area contributed by atoms with Gasteiger partial charge in [0.25, 0.3) is 0 Å². The van der Waals surface area contributed by atoms with E-state index in [0.29, 0.717) is 18.5 Å². The topological polar surface area (TPSA) is 100 Å². The number of rotatable bonds is 9. The minimum atomic E-state index is -0.944. The zero-order chi connectivity index (χ0) is 25.1. The minimum Gasteiger partial charge on any atom is -0.478 e. The lowest BCUT2D eigenvalue weighted by Crippen LogP contribution is -2.30. The van der Waals surface area contributed by atoms with Gasteiger partial charge in [-0.05, 0) is 41.3 Å². The van der Waals surface area contributed by atoms with Crippen molar-refractivity contribution in [1.82, 2.24) is 20.1 Å². The maximum absolute atomic E-state index is 13.8. The highest BCUT2D eigenvalue weighted by Crippen LogP contribution is 2.28. The van der Waals surface area contributed by atoms with Gasteiger partial charge in [0, 0.05) is 48.0 Å². The molecule has 7 nitrogen and oxygen atoms in total. The summed E-state index contributed by atoms with van der Waals surface area (Å²) in [7, 11) is 1.88. The number of nitrogens with one attached hydrogen (secondary N) is 2. The van der Waals surface area contributed by atoms with E-state index in [4.69, 9.17) is 5.11 Å². The first-order valence-corrected chi connectivity index (χ1v) is 11.7. The highest BCUT2D eigenvalue weighted by atomic mass is 16.4. The second kappa shape index (κ2) is 10.0. The first kappa shape index (κ1) is 23.3. The number of aryl methyl sites for hydroxylation is 1. The van der Waals surface area contributed by atoms with Crippen molar-refractivity contribution in [2.75, 3.05) is 6.54 Å². The van der Waals surface area contributed by atoms with Crippen LogP contribution in [0.2, 0.25) is 0 Å². The molecule has 0 saturated carbocycles. The summed E-state index contributed by atoms with van der Waals surface area (Å²) in [4.78, 5) is 28.1. The molecule has 0 aliphatic heterocycles. The van der Waals surface area contributed by atoms with Crippen molar-refractivity contribution in [1.29, 1.82) is 0 Å². The fourth-order valence-electron chi connectivity index (χ4n) is 4.42. The number of carboxylic acids is 1. The van der Waals surface area contributed by atoms with Crippen LogP contribution in [0.5, 0.6) is 0 Å². The fraction of sp³-hybridized carbons (Fsp3) is 0.138. The molecule has 0 aliphatic carbocycles. The molecule has 0 fully saturated rings. The Labute approximate surface area is 208 Å². The maximum atomic E-state index is 13.8. The molecule has 3 aromatic carbocycles. The number of aromatic nitrogens is 3. The molecule has 2 heterocycles. The minimum absolute atomic E-state index is 0.0113. The Morgan fingerprint density at radius 3 is 2.50 bits per heavy atom. The molecule has 7 heteroatoms. The molecule has 0 aliphatic rings. The molecule has 0 unspecified atom stereocenters. The van der Waals surface area contributed by atoms with E-state index in [0.717, 1.165) is 33.2 Å². The number of carbonyl (C=O) groups excluding carboxylic acids is 1. The molecule has 3 N–H and O–H groups in total. The fourth-order valence-corrected chi connectivity index (χ4v) is 4.42. The smallest absolute Gasteiger partial charge is 0.335 e. The number of carboxylic acid groups (broad SMARTS) is 1. The molecule has 36 heavy (non-hydrogen) atoms. The molecule has 0 amide bonds. The molecule has 5 aromatic rings. The normalized spacial score (nSPS) is 12.0. The van der Waals surface area contributed by atoms with E-state index in [1.54, 1.807) is 23.0 Å². The summed E-state index contributed by atoms with van der Waals surface area (Å²) in [5.74, 6) is -0.955. The van der Waals surface area contributed by atoms with Gasteiger partial charge in [0.15, 0.2) is 5.78 Å². The van der Waals surface area contributed by atoms with Crippen molar-refractivity contribution in [2.45, 2.75) is 12.5 Å². The number of carbonyl (C=O) groups is 2. The zero-order valence-corrected chi connectivity index (χ0v) is 19.8. The lowest BCUT2D eigenvalue weighted by Gasteiger charge is -2.18. The third-order valence-corrected chi connectivity index (χ3v) is 6.34. The van der Waals surface area contributed by atoms with Crippen LogP contribution in [0, 0.1) is 0 Å². The number of Topliss-reactive ketones (excluding diaryl/α,β-unsaturated/α-hetero) is 1. The summed E-state index contributed by atoms with van der Waals surface area (Å²) in [6.07, 6.45) is 6.22. The Morgan fingerprint density at radius 2 is 1.81 bits per heavy atom. The van der Waals surface area contributed by atoms with E-state index >= 15 is 0 Å². The Hall–Kier alpha value is -4.49. The molecule has 0 saturated heterocycles. The maximum Gasteiger partial charge on any atom is 0.335 e. The van der Waals surface area contributed by atoms with Gasteiger partial charge >= 0.3 is 5.97 Å². The van der Waals surface area contributed by atoms with Gasteiger partial charge in [-0.1, -0.05) is 54.6 Å². The summed E-state index contributed by atoms with van der Waals surface area (Å²) in [6.45, 7) is 0.561. The van der Waals surface area contributed by atoms with E-state index in [9.17, 15) is 9.59 Å². The number of ketones is 1. The Morgan fingerprint density at radius 1 is 1.03 bits per heavy atom. The zero-order valence-electron chi connectivity index (χ0n) is 19.8. The standard InChI is InChI=1S/C29H26N4O3/c1-33-18-23(16-32-33)22-11-12-24-25(17-31-26(24)15-22)28(34)27(20-5-3-2-4-6-20)30-14-13-19-7-9-21(10-8-19)29(35)36/h2-12,15-18,27,30-31H,13-14H2,1H3,(H,35,36)/t27-/m1/s1. The van der Waals surface area contributed by atoms with Gasteiger partial charge in [0.1, 0.15) is 0 Å². The van der Waals surface area contributed by atoms with Crippen LogP contribution >= 0.6 is 0 Å². The van der Waals surface area contributed by atoms with Crippen molar-refractivity contribution in [3.8, 4) is 11.1 Å². The van der Waals surface area contributed by atoms with Gasteiger partial charge in [-0.15, -0.1) is 0 Å². The van der Waals surface area contributed by atoms with Crippen molar-refractivity contribution in [3.05, 3.63) is 114 Å². The first-order chi connectivity index (χ1) is 17.5. The number of fused-ring (bicyclic) bond motifs is 1. The van der Waals surface area contributed by atoms with Crippen LogP contribution in [0.3, 0.4) is 0 Å². The lowest BCUT2D eigenvalue weighted by molar-refractivity contribution is 0.0696. The van der Waals surface area contributed by atoms with Gasteiger partial charge in [-0.2, -0.15) is 5.10 Å². The molecule has 0 spiro atoms. The number of hydrogen-bond acceptors (Lipinski definition) is 4. The van der Waals surface area contributed by atoms with E-state index in [-0.39, 0.29) is 11.3 Å². The van der Waals surface area contributed by atoms with E-state index in [1.807, 2.05) is 80.1 Å². The second-order valence-electron chi connectivity index (χ2n) is 8.78. The number of benzene rings is 3. The second-order valence-corrected chi connectivity index (χ2v) is 8.78. The molecule has 2 aromatic heterocycles. The molecular formula is C29H26N4O3. The molecule has 1 atom stereocenters. The van der Waals surface area contributed by atoms with Gasteiger partial charge in [0.05, 0.1) is 17.8 Å². The van der Waals surface area contributed by atoms with Crippen LogP contribution in [0.15, 0.2) is 91.4 Å². The number of aromatic carboxylic acids is 1. The summed E-state index contributed by atoms with van der Waals surface area (Å²) in [5, 5.41) is 17.6. The number of H-pyrrole nitrogens is 1. The highest BCUT2D eigenvalue weighted by molar-refractivity contribution is 6.11. The van der Waals surface area contributed by atoms with Crippen molar-refractivity contribution in [2.24, 2.45) is 7.05 Å². The van der Waals surface area contributed by atoms with Crippen molar-refractivity contribution >= 4 is 22.7 Å². The Bertz CT molecular complexity index is 1520. The van der Waals surface area contributed by atoms with Crippen LogP contribution in [-0.2, 0) is 13.5 Å². The molecular weight excluding hydrogens is 452 g/mol. The highest BCUT2D eigenvalue weighted by Gasteiger charge is 2.24. The van der Waals surface area contributed by atoms with Crippen LogP contribution in [0.1, 0.15) is 37.9 Å². The van der Waals surface area contributed by atoms with Crippen LogP contribution in [0.25, 0.3) is 22.0 Å². The Balaban J connectivity index is 1.37. The number of nitrogens with zero attached hydrogens (tertiary/aromatic N) is 2. The Kier molecular flexibility index (Phi) is 6.47. The molecule has 0 bridgehead atoms. The molecule has 5 rings (SSSR count). The van der Waals surface area contributed by atoms with E-state index < -0.39 is 12.0 Å². The van der Waals surface area contributed by atoms with Gasteiger partial charge in [0.2, 0.25) is 0 Å². The van der Waals surface area contributed by atoms with Gasteiger partial charge in [-0.25, -0.2) is 4.79 Å². The van der Waals surface area contributed by atoms with Crippen molar-refractivity contribution < 1.29 is 14.7 Å². The predicted molar refractivity (Wildman–Crippen MR) is 139 cm³/mol. The van der Waals surface area contributed by atoms with E-state index in [1.165, 1.54) is 0 Å². The summed E-state index contributed by atoms with van der Waals surface area (Å²) < 4.78 is 1.76. The molecule has 180 valence electrons. The lowest BCUT2D eigenvalue weighted by atomic mass is 9.96.